The Morgan fingerprint density at radius 3 is 2.58 bits per heavy atom. The lowest BCUT2D eigenvalue weighted by molar-refractivity contribution is -0.119. The molecule has 1 fully saturated rings. The minimum absolute atomic E-state index is 0.135. The van der Waals surface area contributed by atoms with E-state index in [1.54, 1.807) is 0 Å². The number of fused-ring (bicyclic) bond motifs is 1. The first-order valence-electron chi connectivity index (χ1n) is 8.36. The number of unbranched alkanes of at least 4 members (excludes halogenated alkanes) is 3. The third-order valence-corrected chi connectivity index (χ3v) is 5.19. The van der Waals surface area contributed by atoms with Crippen molar-refractivity contribution in [2.45, 2.75) is 37.4 Å². The number of ether oxygens (including phenoxy) is 1. The Hall–Kier alpha value is -2.01. The second-order valence-corrected chi connectivity index (χ2v) is 7.09. The molecule has 0 bridgehead atoms. The zero-order valence-electron chi connectivity index (χ0n) is 13.5. The van der Waals surface area contributed by atoms with Crippen molar-refractivity contribution in [3.05, 3.63) is 42.5 Å². The minimum Gasteiger partial charge on any atom is -0.493 e. The zero-order valence-corrected chi connectivity index (χ0v) is 14.3. The molecule has 4 nitrogen and oxygen atoms in total. The first-order valence-corrected chi connectivity index (χ1v) is 9.24. The van der Waals surface area contributed by atoms with Crippen LogP contribution in [0.15, 0.2) is 42.5 Å². The molecule has 1 aliphatic rings. The van der Waals surface area contributed by atoms with Crippen LogP contribution in [-0.4, -0.2) is 23.0 Å². The highest BCUT2D eigenvalue weighted by Crippen LogP contribution is 2.26. The quantitative estimate of drug-likeness (QED) is 0.716. The van der Waals surface area contributed by atoms with E-state index in [-0.39, 0.29) is 16.4 Å². The van der Waals surface area contributed by atoms with E-state index in [1.165, 1.54) is 5.39 Å². The number of carbonyl (C=O) groups is 2. The number of amides is 2. The van der Waals surface area contributed by atoms with Crippen LogP contribution in [-0.2, 0) is 4.79 Å². The highest BCUT2D eigenvalue weighted by atomic mass is 32.2. The number of imide groups is 1. The van der Waals surface area contributed by atoms with E-state index in [2.05, 4.69) is 23.5 Å². The van der Waals surface area contributed by atoms with E-state index in [1.807, 2.05) is 24.3 Å². The van der Waals surface area contributed by atoms with Crippen molar-refractivity contribution in [3.8, 4) is 5.75 Å². The van der Waals surface area contributed by atoms with E-state index >= 15 is 0 Å². The first-order chi connectivity index (χ1) is 11.7. The molecule has 0 spiro atoms. The fourth-order valence-electron chi connectivity index (χ4n) is 2.87. The van der Waals surface area contributed by atoms with E-state index in [4.69, 9.17) is 4.74 Å². The zero-order chi connectivity index (χ0) is 16.8. The standard InChI is InChI=1S/C19H21NO3S/c21-18-17(24-19(22)20-18)12-3-1-2-6-13-23-16-11-7-9-14-8-4-5-10-15(14)16/h4-5,7-11,17H,1-3,6,12-13H2,(H,20,21,22). The Bertz CT molecular complexity index is 726. The van der Waals surface area contributed by atoms with E-state index < -0.39 is 0 Å². The van der Waals surface area contributed by atoms with Gasteiger partial charge in [0, 0.05) is 5.39 Å². The number of nitrogens with one attached hydrogen (secondary N) is 1. The van der Waals surface area contributed by atoms with Crippen molar-refractivity contribution in [3.63, 3.8) is 0 Å². The molecule has 1 aliphatic heterocycles. The molecule has 1 atom stereocenters. The van der Waals surface area contributed by atoms with Crippen LogP contribution < -0.4 is 10.1 Å². The van der Waals surface area contributed by atoms with E-state index in [9.17, 15) is 9.59 Å². The van der Waals surface area contributed by atoms with Gasteiger partial charge < -0.3 is 4.74 Å². The predicted molar refractivity (Wildman–Crippen MR) is 97.4 cm³/mol. The van der Waals surface area contributed by atoms with Gasteiger partial charge in [0.05, 0.1) is 11.9 Å². The van der Waals surface area contributed by atoms with Gasteiger partial charge in [-0.15, -0.1) is 0 Å². The molecule has 0 aliphatic carbocycles. The van der Waals surface area contributed by atoms with Gasteiger partial charge in [-0.2, -0.15) is 0 Å². The Balaban J connectivity index is 1.34. The molecule has 5 heteroatoms. The van der Waals surface area contributed by atoms with Gasteiger partial charge in [-0.3, -0.25) is 14.9 Å². The van der Waals surface area contributed by atoms with Crippen molar-refractivity contribution in [2.24, 2.45) is 0 Å². The van der Waals surface area contributed by atoms with Gasteiger partial charge in [-0.1, -0.05) is 67.4 Å². The second-order valence-electron chi connectivity index (χ2n) is 5.91. The van der Waals surface area contributed by atoms with Crippen molar-refractivity contribution in [2.75, 3.05) is 6.61 Å². The molecule has 1 unspecified atom stereocenters. The monoisotopic (exact) mass is 343 g/mol. The number of hydrogen-bond donors (Lipinski definition) is 1. The first kappa shape index (κ1) is 16.8. The number of carbonyl (C=O) groups excluding carboxylic acids is 2. The van der Waals surface area contributed by atoms with Crippen LogP contribution >= 0.6 is 11.8 Å². The van der Waals surface area contributed by atoms with Crippen LogP contribution in [0.3, 0.4) is 0 Å². The van der Waals surface area contributed by atoms with Crippen LogP contribution in [0.25, 0.3) is 10.8 Å². The van der Waals surface area contributed by atoms with Gasteiger partial charge in [-0.25, -0.2) is 0 Å². The van der Waals surface area contributed by atoms with Gasteiger partial charge in [0.25, 0.3) is 5.24 Å². The maximum absolute atomic E-state index is 11.4. The molecule has 2 aromatic carbocycles. The average Bonchev–Trinajstić information content (AvgIpc) is 2.91. The third-order valence-electron chi connectivity index (χ3n) is 4.13. The minimum atomic E-state index is -0.214. The summed E-state index contributed by atoms with van der Waals surface area (Å²) in [6.45, 7) is 0.700. The van der Waals surface area contributed by atoms with Crippen molar-refractivity contribution >= 4 is 33.7 Å². The molecule has 0 aromatic heterocycles. The molecule has 126 valence electrons. The topological polar surface area (TPSA) is 55.4 Å². The maximum Gasteiger partial charge on any atom is 0.286 e. The third kappa shape index (κ3) is 4.29. The van der Waals surface area contributed by atoms with Crippen molar-refractivity contribution in [1.82, 2.24) is 5.32 Å². The maximum atomic E-state index is 11.4. The Labute approximate surface area is 146 Å². The molecule has 0 saturated carbocycles. The van der Waals surface area contributed by atoms with E-state index in [0.717, 1.165) is 55.0 Å². The summed E-state index contributed by atoms with van der Waals surface area (Å²) in [4.78, 5) is 22.5. The van der Waals surface area contributed by atoms with Gasteiger partial charge in [0.1, 0.15) is 5.75 Å². The SMILES string of the molecule is O=C1NC(=O)C(CCCCCCOc2cccc3ccccc23)S1. The number of thioether (sulfide) groups is 1. The molecule has 0 radical (unpaired) electrons. The fourth-order valence-corrected chi connectivity index (χ4v) is 3.74. The second kappa shape index (κ2) is 8.20. The van der Waals surface area contributed by atoms with Crippen LogP contribution in [0.2, 0.25) is 0 Å². The molecule has 1 heterocycles. The molecular formula is C19H21NO3S. The summed E-state index contributed by atoms with van der Waals surface area (Å²) in [5, 5.41) is 4.26. The lowest BCUT2D eigenvalue weighted by Gasteiger charge is -2.09. The normalized spacial score (nSPS) is 17.2. The van der Waals surface area contributed by atoms with Crippen molar-refractivity contribution < 1.29 is 14.3 Å². The molecule has 1 saturated heterocycles. The van der Waals surface area contributed by atoms with Crippen LogP contribution in [0.4, 0.5) is 4.79 Å². The summed E-state index contributed by atoms with van der Waals surface area (Å²) in [7, 11) is 0. The fraction of sp³-hybridized carbons (Fsp3) is 0.368. The Morgan fingerprint density at radius 1 is 0.958 bits per heavy atom. The number of rotatable bonds is 8. The highest BCUT2D eigenvalue weighted by molar-refractivity contribution is 8.15. The molecule has 2 aromatic rings. The molecular weight excluding hydrogens is 322 g/mol. The summed E-state index contributed by atoms with van der Waals surface area (Å²) in [6.07, 6.45) is 4.85. The average molecular weight is 343 g/mol. The van der Waals surface area contributed by atoms with Gasteiger partial charge in [0.15, 0.2) is 0 Å². The van der Waals surface area contributed by atoms with Crippen molar-refractivity contribution in [1.29, 1.82) is 0 Å². The van der Waals surface area contributed by atoms with Gasteiger partial charge in [0.2, 0.25) is 5.91 Å². The lowest BCUT2D eigenvalue weighted by Crippen LogP contribution is -2.24. The summed E-state index contributed by atoms with van der Waals surface area (Å²) in [5.74, 6) is 0.801. The molecule has 1 N–H and O–H groups in total. The van der Waals surface area contributed by atoms with Crippen LogP contribution in [0.5, 0.6) is 5.75 Å². The largest absolute Gasteiger partial charge is 0.493 e. The molecule has 24 heavy (non-hydrogen) atoms. The highest BCUT2D eigenvalue weighted by Gasteiger charge is 2.30. The summed E-state index contributed by atoms with van der Waals surface area (Å²) < 4.78 is 5.92. The van der Waals surface area contributed by atoms with Gasteiger partial charge >= 0.3 is 0 Å². The number of benzene rings is 2. The Morgan fingerprint density at radius 2 is 1.75 bits per heavy atom. The molecule has 2 amide bonds. The van der Waals surface area contributed by atoms with E-state index in [0.29, 0.717) is 6.61 Å². The summed E-state index contributed by atoms with van der Waals surface area (Å²) in [5.41, 5.74) is 0. The number of hydrogen-bond acceptors (Lipinski definition) is 4. The van der Waals surface area contributed by atoms with Gasteiger partial charge in [-0.05, 0) is 24.3 Å². The summed E-state index contributed by atoms with van der Waals surface area (Å²) in [6, 6.07) is 14.3. The summed E-state index contributed by atoms with van der Waals surface area (Å²) >= 11 is 1.12. The Kier molecular flexibility index (Phi) is 5.75. The predicted octanol–water partition coefficient (Wildman–Crippen LogP) is 4.52. The van der Waals surface area contributed by atoms with Crippen LogP contribution in [0, 0.1) is 0 Å². The molecule has 3 rings (SSSR count). The smallest absolute Gasteiger partial charge is 0.286 e. The lowest BCUT2D eigenvalue weighted by atomic mass is 10.1. The van der Waals surface area contributed by atoms with Crippen LogP contribution in [0.1, 0.15) is 32.1 Å².